The van der Waals surface area contributed by atoms with Gasteiger partial charge in [-0.1, -0.05) is 19.3 Å². The lowest BCUT2D eigenvalue weighted by Gasteiger charge is -2.29. The van der Waals surface area contributed by atoms with E-state index >= 15 is 0 Å². The van der Waals surface area contributed by atoms with E-state index in [-0.39, 0.29) is 35.8 Å². The molecule has 3 fully saturated rings. The zero-order valence-electron chi connectivity index (χ0n) is 15.8. The second-order valence-corrected chi connectivity index (χ2v) is 8.56. The molecule has 1 aliphatic heterocycles. The summed E-state index contributed by atoms with van der Waals surface area (Å²) in [5.74, 6) is 1.05. The van der Waals surface area contributed by atoms with Crippen molar-refractivity contribution < 1.29 is 14.7 Å². The van der Waals surface area contributed by atoms with Crippen molar-refractivity contribution in [3.63, 3.8) is 0 Å². The molecule has 2 saturated carbocycles. The molecule has 3 aliphatic rings. The summed E-state index contributed by atoms with van der Waals surface area (Å²) in [6, 6.07) is 0.232. The van der Waals surface area contributed by atoms with Gasteiger partial charge in [0, 0.05) is 43.9 Å². The van der Waals surface area contributed by atoms with Crippen LogP contribution in [0.2, 0.25) is 0 Å². The molecule has 6 nitrogen and oxygen atoms in total. The molecule has 2 unspecified atom stereocenters. The molecule has 2 atom stereocenters. The van der Waals surface area contributed by atoms with Gasteiger partial charge in [-0.15, -0.1) is 0 Å². The zero-order valence-corrected chi connectivity index (χ0v) is 15.8. The molecule has 0 aromatic heterocycles. The van der Waals surface area contributed by atoms with Gasteiger partial charge < -0.3 is 21.1 Å². The van der Waals surface area contributed by atoms with Crippen LogP contribution < -0.4 is 16.0 Å². The minimum atomic E-state index is -0.356. The normalized spacial score (nSPS) is 33.0. The highest BCUT2D eigenvalue weighted by Gasteiger charge is 2.30. The standard InChI is InChI=1S/C20H35N3O3/c24-18-13-21-11-16(18)12-22-20(26)15-6-8-17(9-7-15)23-19(25)10-14-4-2-1-3-5-14/h14-18,21,24H,1-13H2,(H,22,26)(H,23,25). The Bertz CT molecular complexity index is 471. The number of aliphatic hydroxyl groups excluding tert-OH is 1. The highest BCUT2D eigenvalue weighted by atomic mass is 16.3. The molecule has 0 aromatic rings. The van der Waals surface area contributed by atoms with Crippen LogP contribution in [0.3, 0.4) is 0 Å². The number of carbonyl (C=O) groups is 2. The van der Waals surface area contributed by atoms with Crippen LogP contribution in [0, 0.1) is 17.8 Å². The van der Waals surface area contributed by atoms with Gasteiger partial charge in [-0.05, 0) is 44.4 Å². The van der Waals surface area contributed by atoms with E-state index < -0.39 is 0 Å². The fraction of sp³-hybridized carbons (Fsp3) is 0.900. The van der Waals surface area contributed by atoms with E-state index in [9.17, 15) is 14.7 Å². The van der Waals surface area contributed by atoms with Crippen molar-refractivity contribution in [3.8, 4) is 0 Å². The Morgan fingerprint density at radius 3 is 2.35 bits per heavy atom. The molecule has 4 N–H and O–H groups in total. The lowest BCUT2D eigenvalue weighted by atomic mass is 9.84. The maximum atomic E-state index is 12.4. The van der Waals surface area contributed by atoms with E-state index in [4.69, 9.17) is 0 Å². The minimum Gasteiger partial charge on any atom is -0.391 e. The predicted molar refractivity (Wildman–Crippen MR) is 100 cm³/mol. The minimum absolute atomic E-state index is 0.0491. The molecular formula is C20H35N3O3. The van der Waals surface area contributed by atoms with Crippen molar-refractivity contribution >= 4 is 11.8 Å². The number of β-amino-alcohol motifs (C(OH)–C–C–N with tert-alkyl or cyclic N) is 1. The summed E-state index contributed by atoms with van der Waals surface area (Å²) in [5, 5.41) is 19.1. The molecule has 6 heteroatoms. The Morgan fingerprint density at radius 1 is 0.962 bits per heavy atom. The van der Waals surface area contributed by atoms with E-state index in [2.05, 4.69) is 16.0 Å². The first-order chi connectivity index (χ1) is 12.6. The third-order valence-electron chi connectivity index (χ3n) is 6.50. The summed E-state index contributed by atoms with van der Waals surface area (Å²) < 4.78 is 0. The number of aliphatic hydroxyl groups is 1. The van der Waals surface area contributed by atoms with Crippen LogP contribution in [0.5, 0.6) is 0 Å². The number of rotatable bonds is 6. The van der Waals surface area contributed by atoms with Gasteiger partial charge in [-0.3, -0.25) is 9.59 Å². The molecule has 3 rings (SSSR count). The van der Waals surface area contributed by atoms with Crippen LogP contribution in [-0.4, -0.2) is 48.7 Å². The molecule has 1 heterocycles. The summed E-state index contributed by atoms with van der Waals surface area (Å²) in [5.41, 5.74) is 0. The molecule has 0 aromatic carbocycles. The first-order valence-corrected chi connectivity index (χ1v) is 10.6. The largest absolute Gasteiger partial charge is 0.391 e. The average Bonchev–Trinajstić information content (AvgIpc) is 3.06. The molecule has 2 aliphatic carbocycles. The quantitative estimate of drug-likeness (QED) is 0.572. The molecule has 2 amide bonds. The van der Waals surface area contributed by atoms with Crippen LogP contribution in [-0.2, 0) is 9.59 Å². The molecule has 26 heavy (non-hydrogen) atoms. The number of nitrogens with one attached hydrogen (secondary N) is 3. The first kappa shape index (κ1) is 19.6. The van der Waals surface area contributed by atoms with Gasteiger partial charge in [0.1, 0.15) is 0 Å². The Hall–Kier alpha value is -1.14. The van der Waals surface area contributed by atoms with Crippen molar-refractivity contribution in [3.05, 3.63) is 0 Å². The molecule has 0 radical (unpaired) electrons. The lowest BCUT2D eigenvalue weighted by molar-refractivity contribution is -0.126. The van der Waals surface area contributed by atoms with Crippen LogP contribution >= 0.6 is 0 Å². The van der Waals surface area contributed by atoms with Crippen molar-refractivity contribution in [1.82, 2.24) is 16.0 Å². The fourth-order valence-corrected chi connectivity index (χ4v) is 4.74. The smallest absolute Gasteiger partial charge is 0.223 e. The van der Waals surface area contributed by atoms with Gasteiger partial charge in [-0.25, -0.2) is 0 Å². The Morgan fingerprint density at radius 2 is 1.69 bits per heavy atom. The van der Waals surface area contributed by atoms with Crippen molar-refractivity contribution in [1.29, 1.82) is 0 Å². The topological polar surface area (TPSA) is 90.5 Å². The summed E-state index contributed by atoms with van der Waals surface area (Å²) >= 11 is 0. The van der Waals surface area contributed by atoms with Gasteiger partial charge in [0.2, 0.25) is 11.8 Å². The van der Waals surface area contributed by atoms with E-state index in [0.29, 0.717) is 25.4 Å². The third kappa shape index (κ3) is 5.68. The van der Waals surface area contributed by atoms with E-state index in [0.717, 1.165) is 32.2 Å². The maximum Gasteiger partial charge on any atom is 0.223 e. The summed E-state index contributed by atoms with van der Waals surface area (Å²) in [6.07, 6.45) is 10.0. The number of amides is 2. The van der Waals surface area contributed by atoms with E-state index in [1.54, 1.807) is 0 Å². The summed E-state index contributed by atoms with van der Waals surface area (Å²) in [7, 11) is 0. The highest BCUT2D eigenvalue weighted by Crippen LogP contribution is 2.27. The summed E-state index contributed by atoms with van der Waals surface area (Å²) in [4.78, 5) is 24.6. The monoisotopic (exact) mass is 365 g/mol. The van der Waals surface area contributed by atoms with Crippen molar-refractivity contribution in [2.24, 2.45) is 17.8 Å². The second-order valence-electron chi connectivity index (χ2n) is 8.56. The molecule has 0 spiro atoms. The SMILES string of the molecule is O=C(CC1CCCCC1)NC1CCC(C(=O)NCC2CNCC2O)CC1. The Labute approximate surface area is 156 Å². The molecule has 0 bridgehead atoms. The molecular weight excluding hydrogens is 330 g/mol. The van der Waals surface area contributed by atoms with Gasteiger partial charge in [0.15, 0.2) is 0 Å². The third-order valence-corrected chi connectivity index (χ3v) is 6.50. The van der Waals surface area contributed by atoms with Gasteiger partial charge in [0.05, 0.1) is 6.10 Å². The maximum absolute atomic E-state index is 12.4. The van der Waals surface area contributed by atoms with Crippen LogP contribution in [0.15, 0.2) is 0 Å². The summed E-state index contributed by atoms with van der Waals surface area (Å²) in [6.45, 7) is 1.93. The van der Waals surface area contributed by atoms with E-state index in [1.165, 1.54) is 32.1 Å². The number of hydrogen-bond acceptors (Lipinski definition) is 4. The second kappa shape index (κ2) is 9.70. The molecule has 1 saturated heterocycles. The van der Waals surface area contributed by atoms with Crippen LogP contribution in [0.25, 0.3) is 0 Å². The van der Waals surface area contributed by atoms with Crippen LogP contribution in [0.1, 0.15) is 64.2 Å². The van der Waals surface area contributed by atoms with Crippen molar-refractivity contribution in [2.45, 2.75) is 76.4 Å². The van der Waals surface area contributed by atoms with Gasteiger partial charge >= 0.3 is 0 Å². The predicted octanol–water partition coefficient (Wildman–Crippen LogP) is 1.33. The van der Waals surface area contributed by atoms with Gasteiger partial charge in [0.25, 0.3) is 0 Å². The number of carbonyl (C=O) groups excluding carboxylic acids is 2. The van der Waals surface area contributed by atoms with E-state index in [1.807, 2.05) is 0 Å². The van der Waals surface area contributed by atoms with Crippen LogP contribution in [0.4, 0.5) is 0 Å². The first-order valence-electron chi connectivity index (χ1n) is 10.6. The fourth-order valence-electron chi connectivity index (χ4n) is 4.74. The van der Waals surface area contributed by atoms with Crippen molar-refractivity contribution in [2.75, 3.05) is 19.6 Å². The highest BCUT2D eigenvalue weighted by molar-refractivity contribution is 5.79. The average molecular weight is 366 g/mol. The van der Waals surface area contributed by atoms with Gasteiger partial charge in [-0.2, -0.15) is 0 Å². The molecule has 148 valence electrons. The number of hydrogen-bond donors (Lipinski definition) is 4. The Kier molecular flexibility index (Phi) is 7.32. The lowest BCUT2D eigenvalue weighted by Crippen LogP contribution is -2.42. The Balaban J connectivity index is 1.31. The zero-order chi connectivity index (χ0) is 18.4.